The second-order valence-electron chi connectivity index (χ2n) is 16.1. The van der Waals surface area contributed by atoms with E-state index in [2.05, 4.69) is 77.3 Å². The fourth-order valence-electron chi connectivity index (χ4n) is 5.42. The maximum Gasteiger partial charge on any atom is 0.0313 e. The van der Waals surface area contributed by atoms with Crippen molar-refractivity contribution in [2.24, 2.45) is 0 Å². The lowest BCUT2D eigenvalue weighted by Crippen LogP contribution is -1.94. The molecule has 0 unspecified atom stereocenters. The number of nitrogen functional groups attached to an aromatic ring is 5. The first kappa shape index (κ1) is 222. The molecule has 0 spiro atoms. The number of nitrogens with two attached hydrogens (primary N) is 5. The molecule has 0 radical (unpaired) electrons. The lowest BCUT2D eigenvalue weighted by atomic mass is 10.3. The van der Waals surface area contributed by atoms with Crippen LogP contribution in [-0.4, -0.2) is 39.3 Å². The number of para-hydroxylation sites is 9. The maximum absolute atomic E-state index is 10.9. The van der Waals surface area contributed by atoms with Crippen LogP contribution < -0.4 is 47.6 Å². The summed E-state index contributed by atoms with van der Waals surface area (Å²) in [7, 11) is -1.28. The van der Waals surface area contributed by atoms with Gasteiger partial charge in [-0.15, -0.1) is 30.9 Å². The molecule has 0 bridgehead atoms. The third-order valence-corrected chi connectivity index (χ3v) is 15.1. The smallest absolute Gasteiger partial charge is 0.0313 e. The van der Waals surface area contributed by atoms with Crippen molar-refractivity contribution < 1.29 is 13.2 Å². The fraction of sp³-hybridized carbons (Fsp3) is 0.480. The van der Waals surface area contributed by atoms with Crippen LogP contribution in [0, 0.1) is 0 Å². The molecule has 20 heteroatoms. The van der Waals surface area contributed by atoms with Crippen molar-refractivity contribution in [1.82, 2.24) is 0 Å². The molecular weight excluding hydrogens is 1960 g/mol. The Bertz CT molecular complexity index is 3280. The van der Waals surface area contributed by atoms with E-state index in [1.165, 1.54) is 4.90 Å². The molecule has 0 fully saturated rings. The summed E-state index contributed by atoms with van der Waals surface area (Å²) in [5, 5.41) is 1.77. The zero-order valence-corrected chi connectivity index (χ0v) is 115. The number of hydrogen-bond acceptors (Lipinski definition) is 16. The third kappa shape index (κ3) is 265. The molecule has 14 N–H and O–H groups in total. The quantitative estimate of drug-likeness (QED) is 0.0285. The standard InChI is InChI=1S/C8H8NOS.C8H8NS2.2C7H8NOS2.C7H8S.5C6H7N.30C2H6/c2*1-11(7-10)9-8-5-3-2-4-6-8;2*1-10-11(9)8-7-5-3-2-4-6-7;1-8-7-5-3-2-4-6-7;5*7-6-4-2-1-3-5-6;30*1-2/h2*2-6,9H,1H2;2*2-6H,1H2,(H,8,9);2-6H,1H3;5*1-5H,7H2;30*1-2H3/q4*-1;;;;;;;;;;;;;;;;;;;;;;;;;;;;;;;;;;;;. The van der Waals surface area contributed by atoms with Crippen LogP contribution >= 0.6 is 24.0 Å². The van der Waals surface area contributed by atoms with E-state index in [-0.39, 0.29) is 10.3 Å². The van der Waals surface area contributed by atoms with Crippen LogP contribution in [0.2, 0.25) is 0 Å². The van der Waals surface area contributed by atoms with Crippen LogP contribution in [0.25, 0.3) is 0 Å². The highest BCUT2D eigenvalue weighted by atomic mass is 32.8. The summed E-state index contributed by atoms with van der Waals surface area (Å²) >= 11 is 6.38. The van der Waals surface area contributed by atoms with Crippen LogP contribution in [0.4, 0.5) is 51.2 Å². The Morgan fingerprint density at radius 1 is 0.211 bits per heavy atom. The summed E-state index contributed by atoms with van der Waals surface area (Å²) in [6, 6.07) is 95.8. The highest BCUT2D eigenvalue weighted by molar-refractivity contribution is 8.29. The Hall–Kier alpha value is -8.75. The molecule has 10 aromatic carbocycles. The molecule has 0 amide bonds. The van der Waals surface area contributed by atoms with Crippen LogP contribution in [0.15, 0.2) is 308 Å². The van der Waals surface area contributed by atoms with E-state index in [9.17, 15) is 13.2 Å². The summed E-state index contributed by atoms with van der Waals surface area (Å²) in [6.07, 6.45) is 2.08. The number of thiocarbonyl (C=S) groups is 1. The van der Waals surface area contributed by atoms with Gasteiger partial charge in [0.15, 0.2) is 0 Å². The number of hydrogen-bond donors (Lipinski definition) is 9. The summed E-state index contributed by atoms with van der Waals surface area (Å²) in [4.78, 5) is 11.4. The van der Waals surface area contributed by atoms with E-state index < -0.39 is 29.3 Å². The minimum absolute atomic E-state index is 0.363. The fourth-order valence-corrected chi connectivity index (χ4v) is 8.61. The van der Waals surface area contributed by atoms with Gasteiger partial charge in [-0.3, -0.25) is 24.6 Å². The number of thioether (sulfide) groups is 1. The third-order valence-electron chi connectivity index (χ3n) is 9.37. The molecule has 0 aliphatic carbocycles. The molecule has 147 heavy (non-hydrogen) atoms. The minimum Gasteiger partial charge on any atom is -0.473 e. The van der Waals surface area contributed by atoms with Gasteiger partial charge in [0.05, 0.1) is 0 Å². The normalized spacial score (nSPS) is 6.56. The average molecular weight is 2210 g/mol. The number of rotatable bonds is 9. The van der Waals surface area contributed by atoms with Crippen LogP contribution in [0.1, 0.15) is 415 Å². The van der Waals surface area contributed by atoms with E-state index >= 15 is 0 Å². The van der Waals surface area contributed by atoms with Crippen molar-refractivity contribution in [3.8, 4) is 0 Å². The first-order chi connectivity index (χ1) is 72.2. The zero-order valence-electron chi connectivity index (χ0n) is 108. The molecule has 10 aromatic rings. The summed E-state index contributed by atoms with van der Waals surface area (Å²) in [5.41, 5.74) is 34.5. The van der Waals surface area contributed by atoms with Crippen molar-refractivity contribution in [3.05, 3.63) is 303 Å². The lowest BCUT2D eigenvalue weighted by Gasteiger charge is -2.10. The van der Waals surface area contributed by atoms with Crippen molar-refractivity contribution in [3.63, 3.8) is 0 Å². The molecule has 0 aliphatic heterocycles. The van der Waals surface area contributed by atoms with Gasteiger partial charge in [0, 0.05) is 56.1 Å². The van der Waals surface area contributed by atoms with Crippen molar-refractivity contribution >= 4 is 168 Å². The SMILES string of the molecule is C=S=[S-](=O)Nc1ccccc1.C=S=[S-](=O)Nc1ccccc1.C=[S-](=C=O)Nc1ccccc1.C=[S-](=C=S)Nc1ccccc1.CC.CC.CC.CC.CC.CC.CC.CC.CC.CC.CC.CC.CC.CC.CC.CC.CC.CC.CC.CC.CC.CC.CC.CC.CC.CC.CC.CC.CC.CC.CSc1ccccc1.Nc1ccccc1.Nc1ccccc1.Nc1ccccc1.Nc1ccccc1.Nc1ccccc1. The van der Waals surface area contributed by atoms with Crippen LogP contribution in [0.3, 0.4) is 0 Å². The second kappa shape index (κ2) is 299. The number of carbonyl (C=O) groups excluding carboxylic acids is 1. The van der Waals surface area contributed by atoms with Gasteiger partial charge in [-0.05, 0) is 133 Å². The van der Waals surface area contributed by atoms with E-state index in [0.29, 0.717) is 0 Å². The van der Waals surface area contributed by atoms with E-state index in [1.54, 1.807) is 17.0 Å². The van der Waals surface area contributed by atoms with Crippen molar-refractivity contribution in [2.75, 3.05) is 53.8 Å². The highest BCUT2D eigenvalue weighted by Crippen LogP contribution is 2.12. The highest BCUT2D eigenvalue weighted by Gasteiger charge is 1.84. The average Bonchev–Trinajstić information content (AvgIpc) is 0.954. The molecule has 0 saturated carbocycles. The maximum atomic E-state index is 10.9. The predicted molar refractivity (Wildman–Crippen MR) is 746 cm³/mol. The van der Waals surface area contributed by atoms with E-state index in [4.69, 9.17) is 28.7 Å². The van der Waals surface area contributed by atoms with Gasteiger partial charge in [0.2, 0.25) is 0 Å². The molecule has 0 atom stereocenters. The zero-order chi connectivity index (χ0) is 124. The Morgan fingerprint density at radius 2 is 0.327 bits per heavy atom. The Morgan fingerprint density at radius 3 is 0.422 bits per heavy atom. The van der Waals surface area contributed by atoms with Gasteiger partial charge in [-0.1, -0.05) is 621 Å². The van der Waals surface area contributed by atoms with Crippen molar-refractivity contribution in [2.45, 2.75) is 420 Å². The Balaban J connectivity index is -0.0000000350. The Labute approximate surface area is 950 Å². The summed E-state index contributed by atoms with van der Waals surface area (Å²) in [5.74, 6) is 14.2. The first-order valence-electron chi connectivity index (χ1n) is 55.6. The van der Waals surface area contributed by atoms with Crippen molar-refractivity contribution in [1.29, 1.82) is 0 Å². The van der Waals surface area contributed by atoms with Crippen LogP contribution in [0.5, 0.6) is 0 Å². The monoisotopic (exact) mass is 2210 g/mol. The molecule has 0 heterocycles. The van der Waals surface area contributed by atoms with Gasteiger partial charge < -0.3 is 76.5 Å². The van der Waals surface area contributed by atoms with E-state index in [0.717, 1.165) is 71.0 Å². The lowest BCUT2D eigenvalue weighted by molar-refractivity contribution is 0.572. The summed E-state index contributed by atoms with van der Waals surface area (Å²) in [6.45, 7) is 120. The van der Waals surface area contributed by atoms with E-state index in [1.807, 2.05) is 707 Å². The van der Waals surface area contributed by atoms with Crippen LogP contribution in [-0.2, 0) is 72.6 Å². The largest absolute Gasteiger partial charge is 0.473 e. The van der Waals surface area contributed by atoms with Gasteiger partial charge in [-0.2, -0.15) is 4.31 Å². The first-order valence-corrected chi connectivity index (χ1v) is 65.3. The topological polar surface area (TPSA) is 229 Å². The number of benzene rings is 10. The molecule has 0 aliphatic rings. The molecule has 12 nitrogen and oxygen atoms in total. The van der Waals surface area contributed by atoms with Gasteiger partial charge in [-0.25, -0.2) is 11.7 Å². The predicted octanol–water partition coefficient (Wildman–Crippen LogP) is 45.4. The molecule has 0 aromatic heterocycles. The second-order valence-corrected chi connectivity index (χ2v) is 24.8. The summed E-state index contributed by atoms with van der Waals surface area (Å²) < 4.78 is 35.9. The van der Waals surface area contributed by atoms with Gasteiger partial charge in [0.25, 0.3) is 0 Å². The molecule has 10 rings (SSSR count). The molecule has 878 valence electrons. The number of anilines is 9. The van der Waals surface area contributed by atoms with Gasteiger partial charge in [0.1, 0.15) is 0 Å². The minimum atomic E-state index is -1.12. The van der Waals surface area contributed by atoms with Gasteiger partial charge >= 0.3 is 0 Å². The molecule has 0 saturated heterocycles. The number of nitrogens with one attached hydrogen (secondary N) is 4. The molecular formula is C127H255N9O3S8-4. The Kier molecular flexibility index (Phi) is 453.